The number of fused-ring (bicyclic) bond motifs is 1. The first-order chi connectivity index (χ1) is 21.2. The minimum atomic E-state index is -3.58. The third-order valence-corrected chi connectivity index (χ3v) is 8.34. The van der Waals surface area contributed by atoms with Gasteiger partial charge in [-0.25, -0.2) is 13.2 Å². The molecule has 0 fully saturated rings. The molecule has 3 aromatic carbocycles. The Balaban J connectivity index is 1.78. The first-order valence-electron chi connectivity index (χ1n) is 14.4. The number of H-pyrrole nitrogens is 1. The van der Waals surface area contributed by atoms with E-state index >= 15 is 0 Å². The molecule has 3 heterocycles. The van der Waals surface area contributed by atoms with Crippen molar-refractivity contribution in [2.75, 3.05) is 17.6 Å². The lowest BCUT2D eigenvalue weighted by Crippen LogP contribution is -2.28. The standard InChI is InChI=1S/C34H33N3O7S/c1-18-26(20-7-6-8-21(17-20)37-45(5,41)42)31-23(10-12-25(38)36-31)29(27(18)32(33(39)40)44-34(2,3)4)22-9-11-24-28-19(14-16-43-24)13-15-35-30(22)28/h6-13,15,17,32,37H,14,16H2,1-5H3,(H,36,38)(H,39,40)/t32-/m0/s1. The summed E-state index contributed by atoms with van der Waals surface area (Å²) < 4.78 is 38.8. The van der Waals surface area contributed by atoms with E-state index in [1.165, 1.54) is 6.07 Å². The number of carboxylic acids is 1. The number of nitrogens with zero attached hydrogens (tertiary/aromatic N) is 1. The van der Waals surface area contributed by atoms with Gasteiger partial charge in [-0.05, 0) is 86.3 Å². The number of aromatic nitrogens is 2. The van der Waals surface area contributed by atoms with Crippen molar-refractivity contribution >= 4 is 43.5 Å². The summed E-state index contributed by atoms with van der Waals surface area (Å²) in [7, 11) is -3.58. The third-order valence-electron chi connectivity index (χ3n) is 7.74. The Morgan fingerprint density at radius 3 is 2.60 bits per heavy atom. The second kappa shape index (κ2) is 11.0. The van der Waals surface area contributed by atoms with Crippen molar-refractivity contribution in [3.8, 4) is 28.0 Å². The van der Waals surface area contributed by atoms with Gasteiger partial charge in [-0.2, -0.15) is 0 Å². The van der Waals surface area contributed by atoms with Crippen LogP contribution in [-0.4, -0.2) is 47.9 Å². The summed E-state index contributed by atoms with van der Waals surface area (Å²) in [5.74, 6) is -0.484. The number of carboxylic acid groups (broad SMARTS) is 1. The quantitative estimate of drug-likeness (QED) is 0.200. The van der Waals surface area contributed by atoms with Crippen LogP contribution in [0.4, 0.5) is 5.69 Å². The van der Waals surface area contributed by atoms with Gasteiger partial charge in [-0.3, -0.25) is 14.5 Å². The van der Waals surface area contributed by atoms with E-state index in [9.17, 15) is 23.1 Å². The van der Waals surface area contributed by atoms with E-state index in [1.807, 2.05) is 18.2 Å². The average Bonchev–Trinajstić information content (AvgIpc) is 2.95. The van der Waals surface area contributed by atoms with Gasteiger partial charge in [0.05, 0.1) is 29.5 Å². The predicted molar refractivity (Wildman–Crippen MR) is 174 cm³/mol. The molecule has 11 heteroatoms. The SMILES string of the molecule is Cc1c([C@H](OC(C)(C)C)C(=O)O)c(-c2ccc3c4c(ccnc24)CCO3)c2ccc(=O)[nH]c2c1-c1cccc(NS(C)(=O)=O)c1. The van der Waals surface area contributed by atoms with Crippen LogP contribution in [-0.2, 0) is 26.0 Å². The molecule has 0 saturated heterocycles. The summed E-state index contributed by atoms with van der Waals surface area (Å²) in [6.45, 7) is 7.71. The van der Waals surface area contributed by atoms with Gasteiger partial charge >= 0.3 is 5.97 Å². The molecule has 2 aromatic heterocycles. The van der Waals surface area contributed by atoms with Gasteiger partial charge in [0.2, 0.25) is 15.6 Å². The Morgan fingerprint density at radius 1 is 1.11 bits per heavy atom. The molecule has 0 radical (unpaired) electrons. The van der Waals surface area contributed by atoms with Crippen LogP contribution in [0.3, 0.4) is 0 Å². The monoisotopic (exact) mass is 627 g/mol. The summed E-state index contributed by atoms with van der Waals surface area (Å²) >= 11 is 0. The number of sulfonamides is 1. The number of nitrogens with one attached hydrogen (secondary N) is 2. The summed E-state index contributed by atoms with van der Waals surface area (Å²) in [5.41, 5.74) is 4.60. The highest BCUT2D eigenvalue weighted by atomic mass is 32.2. The average molecular weight is 628 g/mol. The Hall–Kier alpha value is -4.74. The van der Waals surface area contributed by atoms with Crippen LogP contribution in [0, 0.1) is 6.92 Å². The largest absolute Gasteiger partial charge is 0.493 e. The molecule has 1 aliphatic heterocycles. The number of anilines is 1. The molecule has 10 nitrogen and oxygen atoms in total. The first kappa shape index (κ1) is 30.3. The fourth-order valence-electron chi connectivity index (χ4n) is 6.16. The summed E-state index contributed by atoms with van der Waals surface area (Å²) in [6, 6.07) is 15.5. The van der Waals surface area contributed by atoms with Gasteiger partial charge in [0, 0.05) is 51.8 Å². The normalized spacial score (nSPS) is 13.9. The van der Waals surface area contributed by atoms with Crippen molar-refractivity contribution in [1.82, 2.24) is 9.97 Å². The second-order valence-electron chi connectivity index (χ2n) is 12.2. The molecule has 5 aromatic rings. The molecule has 0 unspecified atom stereocenters. The highest BCUT2D eigenvalue weighted by Gasteiger charge is 2.34. The van der Waals surface area contributed by atoms with E-state index < -0.39 is 27.7 Å². The van der Waals surface area contributed by atoms with Crippen LogP contribution in [0.15, 0.2) is 65.6 Å². The Morgan fingerprint density at radius 2 is 1.89 bits per heavy atom. The number of aliphatic carboxylic acids is 1. The lowest BCUT2D eigenvalue weighted by molar-refractivity contribution is -0.160. The molecule has 0 spiro atoms. The van der Waals surface area contributed by atoms with E-state index in [0.29, 0.717) is 74.3 Å². The summed E-state index contributed by atoms with van der Waals surface area (Å²) in [6.07, 6.45) is 2.10. The molecular formula is C34H33N3O7S. The predicted octanol–water partition coefficient (Wildman–Crippen LogP) is 5.97. The third kappa shape index (κ3) is 5.76. The van der Waals surface area contributed by atoms with Crippen molar-refractivity contribution in [3.05, 3.63) is 87.8 Å². The molecule has 232 valence electrons. The Bertz CT molecular complexity index is 2170. The number of benzene rings is 3. The molecule has 0 aliphatic carbocycles. The lowest BCUT2D eigenvalue weighted by atomic mass is 9.82. The van der Waals surface area contributed by atoms with Crippen molar-refractivity contribution < 1.29 is 27.8 Å². The zero-order chi connectivity index (χ0) is 32.3. The fraction of sp³-hybridized carbons (Fsp3) is 0.265. The van der Waals surface area contributed by atoms with Gasteiger partial charge in [0.15, 0.2) is 6.10 Å². The topological polar surface area (TPSA) is 148 Å². The van der Waals surface area contributed by atoms with Crippen LogP contribution in [0.5, 0.6) is 5.75 Å². The van der Waals surface area contributed by atoms with E-state index in [4.69, 9.17) is 14.5 Å². The number of carbonyl (C=O) groups is 1. The molecular weight excluding hydrogens is 594 g/mol. The highest BCUT2D eigenvalue weighted by Crippen LogP contribution is 2.48. The number of rotatable bonds is 7. The minimum absolute atomic E-state index is 0.319. The molecule has 1 aliphatic rings. The van der Waals surface area contributed by atoms with Gasteiger partial charge in [-0.15, -0.1) is 0 Å². The Labute approximate surface area is 260 Å². The molecule has 45 heavy (non-hydrogen) atoms. The summed E-state index contributed by atoms with van der Waals surface area (Å²) in [5, 5.41) is 12.1. The van der Waals surface area contributed by atoms with Crippen LogP contribution < -0.4 is 15.0 Å². The van der Waals surface area contributed by atoms with E-state index in [0.717, 1.165) is 17.2 Å². The maximum Gasteiger partial charge on any atom is 0.337 e. The van der Waals surface area contributed by atoms with E-state index in [-0.39, 0.29) is 5.56 Å². The molecule has 1 atom stereocenters. The van der Waals surface area contributed by atoms with Crippen LogP contribution in [0.25, 0.3) is 44.1 Å². The number of ether oxygens (including phenoxy) is 2. The molecule has 0 bridgehead atoms. The Kier molecular flexibility index (Phi) is 7.41. The van der Waals surface area contributed by atoms with Crippen molar-refractivity contribution in [3.63, 3.8) is 0 Å². The van der Waals surface area contributed by atoms with E-state index in [1.54, 1.807) is 64.2 Å². The van der Waals surface area contributed by atoms with Crippen molar-refractivity contribution in [2.24, 2.45) is 0 Å². The van der Waals surface area contributed by atoms with Crippen LogP contribution in [0.1, 0.15) is 43.6 Å². The number of hydrogen-bond donors (Lipinski definition) is 3. The first-order valence-corrected chi connectivity index (χ1v) is 16.3. The smallest absolute Gasteiger partial charge is 0.337 e. The number of aromatic amines is 1. The molecule has 0 amide bonds. The maximum absolute atomic E-state index is 13.1. The minimum Gasteiger partial charge on any atom is -0.493 e. The molecule has 0 saturated carbocycles. The van der Waals surface area contributed by atoms with Gasteiger partial charge in [0.1, 0.15) is 5.75 Å². The lowest BCUT2D eigenvalue weighted by Gasteiger charge is -2.30. The molecule has 3 N–H and O–H groups in total. The van der Waals surface area contributed by atoms with Crippen LogP contribution >= 0.6 is 0 Å². The fourth-order valence-corrected chi connectivity index (χ4v) is 6.71. The zero-order valence-corrected chi connectivity index (χ0v) is 26.3. The summed E-state index contributed by atoms with van der Waals surface area (Å²) in [4.78, 5) is 33.7. The van der Waals surface area contributed by atoms with Gasteiger partial charge in [-0.1, -0.05) is 12.1 Å². The maximum atomic E-state index is 13.1. The number of pyridine rings is 2. The highest BCUT2D eigenvalue weighted by molar-refractivity contribution is 7.92. The second-order valence-corrected chi connectivity index (χ2v) is 14.0. The number of hydrogen-bond acceptors (Lipinski definition) is 7. The van der Waals surface area contributed by atoms with Crippen LogP contribution in [0.2, 0.25) is 0 Å². The van der Waals surface area contributed by atoms with E-state index in [2.05, 4.69) is 9.71 Å². The van der Waals surface area contributed by atoms with Gasteiger partial charge < -0.3 is 19.6 Å². The van der Waals surface area contributed by atoms with Crippen molar-refractivity contribution in [1.29, 1.82) is 0 Å². The van der Waals surface area contributed by atoms with Gasteiger partial charge in [0.25, 0.3) is 0 Å². The molecule has 6 rings (SSSR count). The van der Waals surface area contributed by atoms with Crippen molar-refractivity contribution in [2.45, 2.75) is 45.8 Å². The zero-order valence-electron chi connectivity index (χ0n) is 25.5.